The molecule has 0 saturated heterocycles. The fraction of sp³-hybridized carbons (Fsp3) is 0.389. The minimum atomic E-state index is -4.46. The summed E-state index contributed by atoms with van der Waals surface area (Å²) in [4.78, 5) is 12.5. The highest BCUT2D eigenvalue weighted by molar-refractivity contribution is 7.80. The summed E-state index contributed by atoms with van der Waals surface area (Å²) in [5.74, 6) is -0.623. The first-order chi connectivity index (χ1) is 13.7. The number of alkyl halides is 3. The Bertz CT molecular complexity index is 913. The first kappa shape index (κ1) is 20.9. The molecular weight excluding hydrogens is 405 g/mol. The number of rotatable bonds is 3. The van der Waals surface area contributed by atoms with E-state index in [0.717, 1.165) is 28.6 Å². The number of fused-ring (bicyclic) bond motifs is 1. The molecule has 0 aliphatic carbocycles. The second-order valence-corrected chi connectivity index (χ2v) is 7.14. The summed E-state index contributed by atoms with van der Waals surface area (Å²) < 4.78 is 40.7. The number of nitrogens with zero attached hydrogens (tertiary/aromatic N) is 2. The maximum atomic E-state index is 13.3. The molecule has 1 aromatic carbocycles. The second-order valence-electron chi connectivity index (χ2n) is 6.73. The summed E-state index contributed by atoms with van der Waals surface area (Å²) in [6, 6.07) is 5.33. The zero-order valence-electron chi connectivity index (χ0n) is 15.8. The molecule has 1 aliphatic heterocycles. The maximum Gasteiger partial charge on any atom is 0.410 e. The molecule has 156 valence electrons. The summed E-state index contributed by atoms with van der Waals surface area (Å²) in [6.45, 7) is 3.63. The third kappa shape index (κ3) is 4.61. The van der Waals surface area contributed by atoms with Crippen molar-refractivity contribution >= 4 is 34.7 Å². The van der Waals surface area contributed by atoms with Gasteiger partial charge in [-0.1, -0.05) is 25.1 Å². The van der Waals surface area contributed by atoms with Crippen LogP contribution in [0.3, 0.4) is 0 Å². The molecule has 2 atom stereocenters. The number of hydrogen-bond acceptors (Lipinski definition) is 4. The van der Waals surface area contributed by atoms with E-state index in [1.54, 1.807) is 6.92 Å². The largest absolute Gasteiger partial charge is 0.410 e. The molecular formula is C18H21F3N6OS. The van der Waals surface area contributed by atoms with Gasteiger partial charge in [0.1, 0.15) is 11.4 Å². The van der Waals surface area contributed by atoms with E-state index in [4.69, 9.17) is 12.2 Å². The van der Waals surface area contributed by atoms with Crippen molar-refractivity contribution in [1.82, 2.24) is 20.6 Å². The van der Waals surface area contributed by atoms with E-state index in [9.17, 15) is 18.0 Å². The average Bonchev–Trinajstić information content (AvgIpc) is 3.08. The van der Waals surface area contributed by atoms with E-state index in [-0.39, 0.29) is 22.9 Å². The molecule has 0 bridgehead atoms. The van der Waals surface area contributed by atoms with Crippen LogP contribution in [-0.2, 0) is 6.42 Å². The van der Waals surface area contributed by atoms with Gasteiger partial charge in [0.2, 0.25) is 0 Å². The van der Waals surface area contributed by atoms with E-state index in [1.165, 1.54) is 0 Å². The van der Waals surface area contributed by atoms with Gasteiger partial charge in [-0.05, 0) is 43.6 Å². The van der Waals surface area contributed by atoms with Gasteiger partial charge in [0.05, 0.1) is 6.20 Å². The lowest BCUT2D eigenvalue weighted by atomic mass is 10.1. The van der Waals surface area contributed by atoms with Crippen LogP contribution in [-0.4, -0.2) is 33.0 Å². The van der Waals surface area contributed by atoms with E-state index in [2.05, 4.69) is 26.6 Å². The SMILES string of the molecule is CCc1ccccc1NC(=S)NNC(=O)c1cnn2c1N[C@H](C)C[C@@H]2C(F)(F)F. The van der Waals surface area contributed by atoms with Crippen molar-refractivity contribution in [3.8, 4) is 0 Å². The van der Waals surface area contributed by atoms with Gasteiger partial charge in [0, 0.05) is 11.7 Å². The first-order valence-corrected chi connectivity index (χ1v) is 9.47. The first-order valence-electron chi connectivity index (χ1n) is 9.06. The maximum absolute atomic E-state index is 13.3. The number of anilines is 2. The molecule has 1 aromatic heterocycles. The lowest BCUT2D eigenvalue weighted by molar-refractivity contribution is -0.173. The standard InChI is InChI=1S/C18H21F3N6OS/c1-3-11-6-4-5-7-13(11)24-17(29)26-25-16(28)12-9-22-27-14(18(19,20)21)8-10(2)23-15(12)27/h4-7,9-10,14,23H,3,8H2,1-2H3,(H,25,28)(H2,24,26,29)/t10-,14-/m1/s1. The van der Waals surface area contributed by atoms with Crippen molar-refractivity contribution in [2.45, 2.75) is 44.9 Å². The molecule has 1 amide bonds. The number of halogens is 3. The van der Waals surface area contributed by atoms with E-state index in [0.29, 0.717) is 0 Å². The van der Waals surface area contributed by atoms with Crippen LogP contribution in [0, 0.1) is 0 Å². The van der Waals surface area contributed by atoms with Crippen LogP contribution >= 0.6 is 12.2 Å². The van der Waals surface area contributed by atoms with Crippen molar-refractivity contribution in [2.24, 2.45) is 0 Å². The molecule has 7 nitrogen and oxygen atoms in total. The van der Waals surface area contributed by atoms with Gasteiger partial charge in [0.25, 0.3) is 5.91 Å². The summed E-state index contributed by atoms with van der Waals surface area (Å²) in [5.41, 5.74) is 6.80. The van der Waals surface area contributed by atoms with Crippen molar-refractivity contribution in [3.05, 3.63) is 41.6 Å². The molecule has 1 aliphatic rings. The number of para-hydroxylation sites is 1. The molecule has 0 fully saturated rings. The average molecular weight is 426 g/mol. The van der Waals surface area contributed by atoms with Crippen molar-refractivity contribution in [3.63, 3.8) is 0 Å². The lowest BCUT2D eigenvalue weighted by Crippen LogP contribution is -2.44. The van der Waals surface area contributed by atoms with E-state index >= 15 is 0 Å². The molecule has 2 aromatic rings. The normalized spacial score (nSPS) is 18.4. The number of thiocarbonyl (C=S) groups is 1. The van der Waals surface area contributed by atoms with Crippen LogP contribution in [0.25, 0.3) is 0 Å². The van der Waals surface area contributed by atoms with Crippen LogP contribution in [0.1, 0.15) is 42.2 Å². The number of nitrogens with one attached hydrogen (secondary N) is 4. The lowest BCUT2D eigenvalue weighted by Gasteiger charge is -2.31. The Kier molecular flexibility index (Phi) is 5.96. The highest BCUT2D eigenvalue weighted by Crippen LogP contribution is 2.39. The smallest absolute Gasteiger partial charge is 0.367 e. The molecule has 0 radical (unpaired) electrons. The number of aryl methyl sites for hydroxylation is 1. The monoisotopic (exact) mass is 426 g/mol. The molecule has 2 heterocycles. The summed E-state index contributed by atoms with van der Waals surface area (Å²) in [6.07, 6.45) is -2.71. The molecule has 29 heavy (non-hydrogen) atoms. The van der Waals surface area contributed by atoms with Gasteiger partial charge in [0.15, 0.2) is 11.2 Å². The third-order valence-electron chi connectivity index (χ3n) is 4.61. The predicted molar refractivity (Wildman–Crippen MR) is 108 cm³/mol. The van der Waals surface area contributed by atoms with Crippen molar-refractivity contribution in [1.29, 1.82) is 0 Å². The molecule has 0 saturated carbocycles. The van der Waals surface area contributed by atoms with Crippen molar-refractivity contribution in [2.75, 3.05) is 10.6 Å². The fourth-order valence-electron chi connectivity index (χ4n) is 3.19. The summed E-state index contributed by atoms with van der Waals surface area (Å²) >= 11 is 5.18. The molecule has 0 unspecified atom stereocenters. The van der Waals surface area contributed by atoms with Crippen molar-refractivity contribution < 1.29 is 18.0 Å². The Morgan fingerprint density at radius 3 is 2.76 bits per heavy atom. The Hall–Kier alpha value is -2.82. The highest BCUT2D eigenvalue weighted by Gasteiger charge is 2.46. The zero-order valence-corrected chi connectivity index (χ0v) is 16.6. The van der Waals surface area contributed by atoms with Gasteiger partial charge in [-0.25, -0.2) is 4.68 Å². The fourth-order valence-corrected chi connectivity index (χ4v) is 3.35. The van der Waals surface area contributed by atoms with Crippen LogP contribution in [0.2, 0.25) is 0 Å². The van der Waals surface area contributed by atoms with E-state index in [1.807, 2.05) is 31.2 Å². The Balaban J connectivity index is 1.68. The number of amides is 1. The van der Waals surface area contributed by atoms with Gasteiger partial charge >= 0.3 is 6.18 Å². The zero-order chi connectivity index (χ0) is 21.2. The highest BCUT2D eigenvalue weighted by atomic mass is 32.1. The minimum absolute atomic E-state index is 0.00458. The number of aromatic nitrogens is 2. The van der Waals surface area contributed by atoms with Crippen LogP contribution < -0.4 is 21.5 Å². The molecule has 3 rings (SSSR count). The molecule has 11 heteroatoms. The minimum Gasteiger partial charge on any atom is -0.367 e. The predicted octanol–water partition coefficient (Wildman–Crippen LogP) is 3.38. The number of carbonyl (C=O) groups is 1. The van der Waals surface area contributed by atoms with Gasteiger partial charge < -0.3 is 10.6 Å². The molecule has 0 spiro atoms. The number of hydrazine groups is 1. The summed E-state index contributed by atoms with van der Waals surface area (Å²) in [5, 5.41) is 9.80. The van der Waals surface area contributed by atoms with Gasteiger partial charge in [-0.15, -0.1) is 0 Å². The number of hydrogen-bond donors (Lipinski definition) is 4. The summed E-state index contributed by atoms with van der Waals surface area (Å²) in [7, 11) is 0. The second kappa shape index (κ2) is 8.27. The Labute approximate surface area is 171 Å². The Morgan fingerprint density at radius 1 is 1.34 bits per heavy atom. The quantitative estimate of drug-likeness (QED) is 0.445. The molecule has 4 N–H and O–H groups in total. The van der Waals surface area contributed by atoms with Crippen LogP contribution in [0.4, 0.5) is 24.7 Å². The Morgan fingerprint density at radius 2 is 2.07 bits per heavy atom. The van der Waals surface area contributed by atoms with E-state index < -0.39 is 24.2 Å². The van der Waals surface area contributed by atoms with Crippen LogP contribution in [0.5, 0.6) is 0 Å². The topological polar surface area (TPSA) is 83.0 Å². The van der Waals surface area contributed by atoms with Gasteiger partial charge in [-0.2, -0.15) is 18.3 Å². The number of benzene rings is 1. The van der Waals surface area contributed by atoms with Crippen LogP contribution in [0.15, 0.2) is 30.5 Å². The third-order valence-corrected chi connectivity index (χ3v) is 4.81. The number of carbonyl (C=O) groups excluding carboxylic acids is 1. The van der Waals surface area contributed by atoms with Gasteiger partial charge in [-0.3, -0.25) is 15.6 Å².